The summed E-state index contributed by atoms with van der Waals surface area (Å²) >= 11 is 7.54. The molecule has 0 aliphatic rings. The molecule has 3 heterocycles. The monoisotopic (exact) mass is 374 g/mol. The van der Waals surface area contributed by atoms with Crippen LogP contribution in [0.1, 0.15) is 11.7 Å². The Balaban J connectivity index is 1.45. The van der Waals surface area contributed by atoms with Crippen LogP contribution >= 0.6 is 23.4 Å². The van der Waals surface area contributed by atoms with Crippen LogP contribution in [0.25, 0.3) is 11.5 Å². The van der Waals surface area contributed by atoms with Gasteiger partial charge in [0, 0.05) is 0 Å². The van der Waals surface area contributed by atoms with Gasteiger partial charge in [-0.05, 0) is 34.7 Å². The van der Waals surface area contributed by atoms with Gasteiger partial charge >= 0.3 is 0 Å². The minimum atomic E-state index is 0.386. The highest BCUT2D eigenvalue weighted by Crippen LogP contribution is 2.28. The number of thioether (sulfide) groups is 1. The Hall–Kier alpha value is -2.65. The molecule has 4 aromatic rings. The maximum atomic E-state index is 6.14. The first-order valence-corrected chi connectivity index (χ1v) is 8.64. The van der Waals surface area contributed by atoms with E-state index in [9.17, 15) is 0 Å². The molecule has 0 unspecified atom stereocenters. The fourth-order valence-corrected chi connectivity index (χ4v) is 3.06. The highest BCUT2D eigenvalue weighted by molar-refractivity contribution is 7.98. The van der Waals surface area contributed by atoms with E-state index < -0.39 is 0 Å². The van der Waals surface area contributed by atoms with Crippen molar-refractivity contribution in [1.82, 2.24) is 30.4 Å². The Morgan fingerprint density at radius 1 is 1.08 bits per heavy atom. The van der Waals surface area contributed by atoms with Crippen LogP contribution in [0.5, 0.6) is 0 Å². The molecule has 0 atom stereocenters. The predicted molar refractivity (Wildman–Crippen MR) is 89.9 cm³/mol. The molecule has 0 radical (unpaired) electrons. The number of benzene rings is 1. The molecule has 3 aromatic heterocycles. The normalized spacial score (nSPS) is 11.1. The van der Waals surface area contributed by atoms with E-state index in [1.54, 1.807) is 17.0 Å². The molecule has 0 aliphatic carbocycles. The lowest BCUT2D eigenvalue weighted by atomic mass is 10.2. The molecule has 0 spiro atoms. The Morgan fingerprint density at radius 2 is 2.00 bits per heavy atom. The second-order valence-corrected chi connectivity index (χ2v) is 6.32. The van der Waals surface area contributed by atoms with Gasteiger partial charge < -0.3 is 8.83 Å². The summed E-state index contributed by atoms with van der Waals surface area (Å²) in [5.74, 6) is 2.06. The van der Waals surface area contributed by atoms with Crippen LogP contribution in [0.2, 0.25) is 5.02 Å². The van der Waals surface area contributed by atoms with Gasteiger partial charge in [-0.25, -0.2) is 4.68 Å². The molecule has 0 bridgehead atoms. The highest BCUT2D eigenvalue weighted by atomic mass is 35.5. The SMILES string of the molecule is Clc1ccccc1-c1nnc(CSc2nnnn2Cc2ccco2)o1. The van der Waals surface area contributed by atoms with Gasteiger partial charge in [-0.15, -0.1) is 15.3 Å². The topological polar surface area (TPSA) is 95.7 Å². The summed E-state index contributed by atoms with van der Waals surface area (Å²) < 4.78 is 12.6. The van der Waals surface area contributed by atoms with Crippen molar-refractivity contribution in [2.75, 3.05) is 0 Å². The second-order valence-electron chi connectivity index (χ2n) is 4.97. The van der Waals surface area contributed by atoms with E-state index >= 15 is 0 Å². The maximum absolute atomic E-state index is 6.14. The summed E-state index contributed by atoms with van der Waals surface area (Å²) in [6, 6.07) is 11.0. The molecule has 4 rings (SSSR count). The van der Waals surface area contributed by atoms with Crippen LogP contribution in [0, 0.1) is 0 Å². The molecule has 1 aromatic carbocycles. The lowest BCUT2D eigenvalue weighted by molar-refractivity contribution is 0.462. The third kappa shape index (κ3) is 3.57. The average molecular weight is 375 g/mol. The summed E-state index contributed by atoms with van der Waals surface area (Å²) in [6.45, 7) is 0.455. The van der Waals surface area contributed by atoms with E-state index in [4.69, 9.17) is 20.4 Å². The Morgan fingerprint density at radius 3 is 2.84 bits per heavy atom. The fourth-order valence-electron chi connectivity index (χ4n) is 2.13. The van der Waals surface area contributed by atoms with E-state index in [1.807, 2.05) is 30.3 Å². The molecule has 0 saturated carbocycles. The van der Waals surface area contributed by atoms with Gasteiger partial charge in [0.25, 0.3) is 0 Å². The molecule has 25 heavy (non-hydrogen) atoms. The van der Waals surface area contributed by atoms with Crippen molar-refractivity contribution in [3.8, 4) is 11.5 Å². The zero-order valence-corrected chi connectivity index (χ0v) is 14.3. The molecule has 126 valence electrons. The van der Waals surface area contributed by atoms with E-state index in [-0.39, 0.29) is 0 Å². The first kappa shape index (κ1) is 15.9. The first-order valence-electron chi connectivity index (χ1n) is 7.28. The molecule has 0 saturated heterocycles. The van der Waals surface area contributed by atoms with Gasteiger partial charge in [0.2, 0.25) is 16.9 Å². The summed E-state index contributed by atoms with van der Waals surface area (Å²) in [4.78, 5) is 0. The van der Waals surface area contributed by atoms with Crippen LogP contribution < -0.4 is 0 Å². The Bertz CT molecular complexity index is 968. The standard InChI is InChI=1S/C15H11ClN6O2S/c16-12-6-2-1-5-11(12)14-18-17-13(24-14)9-25-15-19-20-21-22(15)8-10-4-3-7-23-10/h1-7H,8-9H2. The number of rotatable bonds is 6. The number of hydrogen-bond donors (Lipinski definition) is 0. The van der Waals surface area contributed by atoms with Crippen LogP contribution in [-0.2, 0) is 12.3 Å². The molecule has 0 aliphatic heterocycles. The van der Waals surface area contributed by atoms with Gasteiger partial charge in [-0.2, -0.15) is 0 Å². The Kier molecular flexibility index (Phi) is 4.49. The van der Waals surface area contributed by atoms with E-state index in [1.165, 1.54) is 11.8 Å². The van der Waals surface area contributed by atoms with E-state index in [0.717, 1.165) is 5.76 Å². The third-order valence-corrected chi connectivity index (χ3v) is 4.55. The molecule has 0 amide bonds. The lowest BCUT2D eigenvalue weighted by Crippen LogP contribution is -2.03. The minimum absolute atomic E-state index is 0.386. The van der Waals surface area contributed by atoms with E-state index in [2.05, 4.69) is 25.7 Å². The van der Waals surface area contributed by atoms with Crippen molar-refractivity contribution in [2.24, 2.45) is 0 Å². The number of tetrazole rings is 1. The number of nitrogens with zero attached hydrogens (tertiary/aromatic N) is 6. The van der Waals surface area contributed by atoms with Crippen molar-refractivity contribution in [2.45, 2.75) is 17.5 Å². The van der Waals surface area contributed by atoms with Crippen LogP contribution in [-0.4, -0.2) is 30.4 Å². The molecule has 8 nitrogen and oxygen atoms in total. The largest absolute Gasteiger partial charge is 0.467 e. The van der Waals surface area contributed by atoms with Crippen molar-refractivity contribution < 1.29 is 8.83 Å². The number of hydrogen-bond acceptors (Lipinski definition) is 8. The van der Waals surface area contributed by atoms with Crippen LogP contribution in [0.3, 0.4) is 0 Å². The summed E-state index contributed by atoms with van der Waals surface area (Å²) in [5, 5.41) is 20.9. The van der Waals surface area contributed by atoms with Gasteiger partial charge in [0.1, 0.15) is 12.3 Å². The van der Waals surface area contributed by atoms with Crippen LogP contribution in [0.15, 0.2) is 56.7 Å². The summed E-state index contributed by atoms with van der Waals surface area (Å²) in [5.41, 5.74) is 0.704. The third-order valence-electron chi connectivity index (χ3n) is 3.28. The molecule has 0 N–H and O–H groups in total. The van der Waals surface area contributed by atoms with Gasteiger partial charge in [0.15, 0.2) is 0 Å². The lowest BCUT2D eigenvalue weighted by Gasteiger charge is -2.00. The fraction of sp³-hybridized carbons (Fsp3) is 0.133. The molecule has 0 fully saturated rings. The number of halogens is 1. The smallest absolute Gasteiger partial charge is 0.249 e. The van der Waals surface area contributed by atoms with Gasteiger partial charge in [-0.1, -0.05) is 35.5 Å². The first-order chi connectivity index (χ1) is 12.3. The molecular weight excluding hydrogens is 364 g/mol. The summed E-state index contributed by atoms with van der Waals surface area (Å²) in [6.07, 6.45) is 1.61. The van der Waals surface area contributed by atoms with Gasteiger partial charge in [0.05, 0.1) is 22.6 Å². The molecule has 10 heteroatoms. The Labute approximate surface area is 151 Å². The zero-order valence-electron chi connectivity index (χ0n) is 12.7. The quantitative estimate of drug-likeness (QED) is 0.474. The van der Waals surface area contributed by atoms with Crippen molar-refractivity contribution in [1.29, 1.82) is 0 Å². The zero-order chi connectivity index (χ0) is 17.1. The second kappa shape index (κ2) is 7.08. The van der Waals surface area contributed by atoms with Crippen LogP contribution in [0.4, 0.5) is 0 Å². The highest BCUT2D eigenvalue weighted by Gasteiger charge is 2.14. The number of aromatic nitrogens is 6. The average Bonchev–Trinajstić information content (AvgIpc) is 3.36. The van der Waals surface area contributed by atoms with Crippen molar-refractivity contribution in [3.63, 3.8) is 0 Å². The minimum Gasteiger partial charge on any atom is -0.467 e. The predicted octanol–water partition coefficient (Wildman–Crippen LogP) is 3.31. The van der Waals surface area contributed by atoms with Gasteiger partial charge in [-0.3, -0.25) is 0 Å². The number of furan rings is 1. The summed E-state index contributed by atoms with van der Waals surface area (Å²) in [7, 11) is 0. The van der Waals surface area contributed by atoms with Crippen molar-refractivity contribution >= 4 is 23.4 Å². The van der Waals surface area contributed by atoms with E-state index in [0.29, 0.717) is 39.8 Å². The van der Waals surface area contributed by atoms with Crippen molar-refractivity contribution in [3.05, 3.63) is 59.3 Å². The maximum Gasteiger partial charge on any atom is 0.249 e. The molecular formula is C15H11ClN6O2S.